The molecule has 3 atom stereocenters. The molecule has 2 heterocycles. The van der Waals surface area contributed by atoms with Crippen molar-refractivity contribution in [1.29, 1.82) is 5.26 Å². The lowest BCUT2D eigenvalue weighted by atomic mass is 10.1. The van der Waals surface area contributed by atoms with Crippen LogP contribution in [0.2, 0.25) is 16.6 Å². The van der Waals surface area contributed by atoms with Gasteiger partial charge < -0.3 is 14.3 Å². The summed E-state index contributed by atoms with van der Waals surface area (Å²) in [5.74, 6) is 0. The molecule has 0 spiro atoms. The Labute approximate surface area is 171 Å². The van der Waals surface area contributed by atoms with Crippen LogP contribution in [0.3, 0.4) is 0 Å². The minimum Gasteiger partial charge on any atom is -0.413 e. The molecule has 0 bridgehead atoms. The first kappa shape index (κ1) is 23.3. The van der Waals surface area contributed by atoms with Gasteiger partial charge in [0.25, 0.3) is 5.56 Å². The molecule has 8 nitrogen and oxygen atoms in total. The second kappa shape index (κ2) is 9.22. The molecular formula is C20H31N3O5Si. The molecule has 0 amide bonds. The van der Waals surface area contributed by atoms with Crippen molar-refractivity contribution in [2.75, 3.05) is 6.61 Å². The summed E-state index contributed by atoms with van der Waals surface area (Å²) in [6.07, 6.45) is -0.304. The van der Waals surface area contributed by atoms with Crippen molar-refractivity contribution in [2.24, 2.45) is 0 Å². The summed E-state index contributed by atoms with van der Waals surface area (Å²) in [4.78, 5) is 25.7. The molecule has 9 heteroatoms. The van der Waals surface area contributed by atoms with Gasteiger partial charge in [0.15, 0.2) is 14.5 Å². The Morgan fingerprint density at radius 3 is 2.34 bits per heavy atom. The van der Waals surface area contributed by atoms with Gasteiger partial charge in [-0.25, -0.2) is 4.79 Å². The Bertz CT molecular complexity index is 875. The largest absolute Gasteiger partial charge is 0.413 e. The maximum Gasteiger partial charge on any atom is 0.330 e. The van der Waals surface area contributed by atoms with Crippen molar-refractivity contribution in [2.45, 2.75) is 76.6 Å². The number of allylic oxidation sites excluding steroid dienone is 1. The van der Waals surface area contributed by atoms with E-state index in [1.54, 1.807) is 0 Å². The number of H-pyrrole nitrogens is 1. The van der Waals surface area contributed by atoms with Crippen molar-refractivity contribution in [3.63, 3.8) is 0 Å². The molecule has 160 valence electrons. The Morgan fingerprint density at radius 2 is 1.86 bits per heavy atom. The monoisotopic (exact) mass is 421 g/mol. The zero-order valence-corrected chi connectivity index (χ0v) is 18.9. The fraction of sp³-hybridized carbons (Fsp3) is 0.650. The van der Waals surface area contributed by atoms with Crippen LogP contribution >= 0.6 is 0 Å². The van der Waals surface area contributed by atoms with Crippen LogP contribution < -0.4 is 11.2 Å². The van der Waals surface area contributed by atoms with Crippen molar-refractivity contribution in [3.8, 4) is 6.07 Å². The zero-order valence-electron chi connectivity index (χ0n) is 17.9. The molecule has 1 saturated heterocycles. The van der Waals surface area contributed by atoms with Crippen molar-refractivity contribution < 1.29 is 14.3 Å². The van der Waals surface area contributed by atoms with Crippen LogP contribution in [0.1, 0.15) is 47.8 Å². The summed E-state index contributed by atoms with van der Waals surface area (Å²) < 4.78 is 13.6. The fourth-order valence-corrected chi connectivity index (χ4v) is 10.1. The highest BCUT2D eigenvalue weighted by Crippen LogP contribution is 2.43. The van der Waals surface area contributed by atoms with Gasteiger partial charge in [0.2, 0.25) is 0 Å². The van der Waals surface area contributed by atoms with E-state index in [0.717, 1.165) is 4.57 Å². The molecule has 0 aromatic carbocycles. The van der Waals surface area contributed by atoms with Crippen molar-refractivity contribution in [1.82, 2.24) is 9.55 Å². The van der Waals surface area contributed by atoms with Gasteiger partial charge >= 0.3 is 5.69 Å². The Balaban J connectivity index is 2.33. The normalized spacial score (nSPS) is 24.0. The first-order valence-electron chi connectivity index (χ1n) is 9.94. The highest BCUT2D eigenvalue weighted by molar-refractivity contribution is 6.77. The predicted molar refractivity (Wildman–Crippen MR) is 112 cm³/mol. The molecule has 0 unspecified atom stereocenters. The molecule has 2 N–H and O–H groups in total. The van der Waals surface area contributed by atoms with Gasteiger partial charge in [-0.05, 0) is 16.6 Å². The topological polar surface area (TPSA) is 117 Å². The predicted octanol–water partition coefficient (Wildman–Crippen LogP) is 2.44. The van der Waals surface area contributed by atoms with Gasteiger partial charge in [0.05, 0.1) is 12.7 Å². The Morgan fingerprint density at radius 1 is 1.28 bits per heavy atom. The standard InChI is InChI=1S/C20H31N3O5Si/c1-12(2)29(13(3)4,14(5)6)27-11-16-18(25)15(7-9-21)19(28-16)23-10-8-17(24)22-20(23)26/h7-8,10,12-14,16,18-19,25H,11H2,1-6H3,(H,22,24,26)/b15-7+/t16-,18+,19-/m1/s1. The second-order valence-corrected chi connectivity index (χ2v) is 13.9. The van der Waals surface area contributed by atoms with E-state index in [2.05, 4.69) is 46.5 Å². The summed E-state index contributed by atoms with van der Waals surface area (Å²) >= 11 is 0. The van der Waals surface area contributed by atoms with Crippen LogP contribution in [0.15, 0.2) is 33.5 Å². The van der Waals surface area contributed by atoms with E-state index in [1.807, 2.05) is 6.07 Å². The van der Waals surface area contributed by atoms with E-state index in [9.17, 15) is 14.7 Å². The zero-order chi connectivity index (χ0) is 21.9. The molecule has 29 heavy (non-hydrogen) atoms. The number of hydrogen-bond donors (Lipinski definition) is 2. The molecule has 2 rings (SSSR count). The smallest absolute Gasteiger partial charge is 0.330 e. The quantitative estimate of drug-likeness (QED) is 0.516. The summed E-state index contributed by atoms with van der Waals surface area (Å²) in [5.41, 5.74) is 0.168. The van der Waals surface area contributed by atoms with Crippen LogP contribution in [-0.4, -0.2) is 41.8 Å². The van der Waals surface area contributed by atoms with Gasteiger partial charge in [-0.3, -0.25) is 14.3 Å². The van der Waals surface area contributed by atoms with Gasteiger partial charge in [-0.2, -0.15) is 5.26 Å². The number of aliphatic hydroxyl groups is 1. The van der Waals surface area contributed by atoms with E-state index in [1.165, 1.54) is 18.3 Å². The molecule has 1 aromatic rings. The van der Waals surface area contributed by atoms with Crippen LogP contribution in [0, 0.1) is 11.3 Å². The molecular weight excluding hydrogens is 390 g/mol. The first-order valence-corrected chi connectivity index (χ1v) is 12.1. The molecule has 0 saturated carbocycles. The number of hydrogen-bond acceptors (Lipinski definition) is 6. The molecule has 0 radical (unpaired) electrons. The van der Waals surface area contributed by atoms with Gasteiger partial charge in [-0.1, -0.05) is 41.5 Å². The molecule has 1 fully saturated rings. The van der Waals surface area contributed by atoms with Crippen LogP contribution in [0.25, 0.3) is 0 Å². The lowest BCUT2D eigenvalue weighted by molar-refractivity contribution is -0.0427. The van der Waals surface area contributed by atoms with Crippen LogP contribution in [-0.2, 0) is 9.16 Å². The average molecular weight is 422 g/mol. The van der Waals surface area contributed by atoms with Gasteiger partial charge in [0, 0.05) is 23.9 Å². The summed E-state index contributed by atoms with van der Waals surface area (Å²) in [6, 6.07) is 3.09. The van der Waals surface area contributed by atoms with E-state index < -0.39 is 38.0 Å². The SMILES string of the molecule is CC(C)[Si](OC[C@H]1O[C@@H](n2ccc(=O)[nH]c2=O)/C(=C/C#N)[C@@H]1O)(C(C)C)C(C)C. The van der Waals surface area contributed by atoms with Crippen molar-refractivity contribution in [3.05, 3.63) is 44.8 Å². The Kier molecular flexibility index (Phi) is 7.40. The van der Waals surface area contributed by atoms with Crippen LogP contribution in [0.5, 0.6) is 0 Å². The third-order valence-electron chi connectivity index (χ3n) is 5.82. The summed E-state index contributed by atoms with van der Waals surface area (Å²) in [6.45, 7) is 13.2. The minimum atomic E-state index is -2.18. The lowest BCUT2D eigenvalue weighted by Crippen LogP contribution is -2.49. The fourth-order valence-electron chi connectivity index (χ4n) is 4.61. The number of nitrogens with one attached hydrogen (secondary N) is 1. The highest BCUT2D eigenvalue weighted by atomic mass is 28.4. The number of nitrogens with zero attached hydrogens (tertiary/aromatic N) is 2. The highest BCUT2D eigenvalue weighted by Gasteiger charge is 2.47. The van der Waals surface area contributed by atoms with E-state index in [0.29, 0.717) is 16.6 Å². The van der Waals surface area contributed by atoms with Gasteiger partial charge in [-0.15, -0.1) is 0 Å². The molecule has 1 aromatic heterocycles. The number of rotatable bonds is 7. The molecule has 1 aliphatic heterocycles. The maximum atomic E-state index is 12.2. The summed E-state index contributed by atoms with van der Waals surface area (Å²) in [5, 5.41) is 19.9. The summed E-state index contributed by atoms with van der Waals surface area (Å²) in [7, 11) is -2.18. The minimum absolute atomic E-state index is 0.166. The number of aromatic amines is 1. The average Bonchev–Trinajstić information content (AvgIpc) is 2.91. The lowest BCUT2D eigenvalue weighted by Gasteiger charge is -2.42. The third-order valence-corrected chi connectivity index (χ3v) is 11.9. The van der Waals surface area contributed by atoms with E-state index in [-0.39, 0.29) is 12.2 Å². The van der Waals surface area contributed by atoms with Crippen LogP contribution in [0.4, 0.5) is 0 Å². The second-order valence-electron chi connectivity index (χ2n) is 8.39. The molecule has 0 aliphatic carbocycles. The number of nitriles is 1. The number of aliphatic hydroxyl groups excluding tert-OH is 1. The van der Waals surface area contributed by atoms with Crippen molar-refractivity contribution >= 4 is 8.32 Å². The number of aromatic nitrogens is 2. The molecule has 1 aliphatic rings. The first-order chi connectivity index (χ1) is 13.6. The Hall–Kier alpha value is -1.99. The van der Waals surface area contributed by atoms with E-state index >= 15 is 0 Å². The third kappa shape index (κ3) is 4.45. The number of ether oxygens (including phenoxy) is 1. The van der Waals surface area contributed by atoms with Gasteiger partial charge in [0.1, 0.15) is 12.2 Å². The maximum absolute atomic E-state index is 12.2. The van der Waals surface area contributed by atoms with E-state index in [4.69, 9.17) is 14.4 Å².